The summed E-state index contributed by atoms with van der Waals surface area (Å²) >= 11 is 3.12. The van der Waals surface area contributed by atoms with Crippen LogP contribution in [0.5, 0.6) is 5.75 Å². The van der Waals surface area contributed by atoms with Crippen molar-refractivity contribution < 1.29 is 14.3 Å². The van der Waals surface area contributed by atoms with Crippen LogP contribution in [-0.4, -0.2) is 11.8 Å². The molecule has 1 aromatic carbocycles. The molecule has 0 aliphatic carbocycles. The highest BCUT2D eigenvalue weighted by atomic mass is 79.9. The average Bonchev–Trinajstić information content (AvgIpc) is 2.30. The van der Waals surface area contributed by atoms with Crippen LogP contribution in [0.1, 0.15) is 26.3 Å². The van der Waals surface area contributed by atoms with Crippen LogP contribution in [0.25, 0.3) is 0 Å². The highest BCUT2D eigenvalue weighted by molar-refractivity contribution is 9.10. The van der Waals surface area contributed by atoms with Gasteiger partial charge in [0.1, 0.15) is 5.60 Å². The van der Waals surface area contributed by atoms with Gasteiger partial charge in [0.05, 0.1) is 4.47 Å². The van der Waals surface area contributed by atoms with E-state index in [0.29, 0.717) is 10.0 Å². The van der Waals surface area contributed by atoms with Gasteiger partial charge in [-0.25, -0.2) is 4.79 Å². The van der Waals surface area contributed by atoms with Crippen molar-refractivity contribution in [3.63, 3.8) is 0 Å². The molecular formula is C13H15BrO4. The molecule has 0 saturated heterocycles. The molecule has 0 saturated carbocycles. The van der Waals surface area contributed by atoms with Crippen LogP contribution in [0, 0.1) is 6.92 Å². The summed E-state index contributed by atoms with van der Waals surface area (Å²) in [6.07, 6.45) is -0.888. The molecule has 5 heteroatoms. The molecule has 1 aromatic rings. The number of carbonyl (C=O) groups excluding carboxylic acids is 1. The number of hydrogen-bond donors (Lipinski definition) is 0. The number of halogens is 1. The van der Waals surface area contributed by atoms with E-state index in [1.165, 1.54) is 0 Å². The molecule has 0 aliphatic heterocycles. The van der Waals surface area contributed by atoms with Crippen LogP contribution in [0.3, 0.4) is 0 Å². The standard InChI is InChI=1S/C13H15BrO4/c1-8-6-5-7-9(14)10(15)11(8)17-12(16)18-13(2,3)4/h5-7H,1-4H3. The van der Waals surface area contributed by atoms with Crippen LogP contribution in [0.4, 0.5) is 4.79 Å². The van der Waals surface area contributed by atoms with Crippen molar-refractivity contribution in [2.75, 3.05) is 0 Å². The second kappa shape index (κ2) is 5.52. The van der Waals surface area contributed by atoms with E-state index in [-0.39, 0.29) is 11.2 Å². The van der Waals surface area contributed by atoms with Crippen molar-refractivity contribution >= 4 is 22.1 Å². The van der Waals surface area contributed by atoms with Crippen molar-refractivity contribution in [3.05, 3.63) is 38.5 Å². The molecule has 0 N–H and O–H groups in total. The molecule has 0 radical (unpaired) electrons. The van der Waals surface area contributed by atoms with Crippen molar-refractivity contribution in [3.8, 4) is 5.75 Å². The third-order valence-electron chi connectivity index (χ3n) is 1.94. The van der Waals surface area contributed by atoms with E-state index in [1.807, 2.05) is 0 Å². The number of hydrogen-bond acceptors (Lipinski definition) is 4. The van der Waals surface area contributed by atoms with Crippen molar-refractivity contribution in [2.24, 2.45) is 0 Å². The number of carbonyl (C=O) groups is 1. The molecule has 0 fully saturated rings. The number of rotatable bonds is 1. The SMILES string of the molecule is Cc1cccc(Br)c(=O)c1OC(=O)OC(C)(C)C. The van der Waals surface area contributed by atoms with Gasteiger partial charge >= 0.3 is 6.16 Å². The van der Waals surface area contributed by atoms with Crippen LogP contribution < -0.4 is 10.2 Å². The van der Waals surface area contributed by atoms with Gasteiger partial charge in [-0.15, -0.1) is 0 Å². The molecule has 18 heavy (non-hydrogen) atoms. The summed E-state index contributed by atoms with van der Waals surface area (Å²) in [5, 5.41) is 0. The van der Waals surface area contributed by atoms with Crippen molar-refractivity contribution in [2.45, 2.75) is 33.3 Å². The zero-order valence-electron chi connectivity index (χ0n) is 10.7. The number of ether oxygens (including phenoxy) is 2. The second-order valence-corrected chi connectivity index (χ2v) is 5.64. The van der Waals surface area contributed by atoms with Crippen LogP contribution in [0.2, 0.25) is 0 Å². The molecule has 0 heterocycles. The van der Waals surface area contributed by atoms with Gasteiger partial charge in [0.15, 0.2) is 5.75 Å². The minimum Gasteiger partial charge on any atom is -0.428 e. The molecule has 0 aliphatic rings. The van der Waals surface area contributed by atoms with Gasteiger partial charge in [0, 0.05) is 0 Å². The molecule has 0 aromatic heterocycles. The van der Waals surface area contributed by atoms with Gasteiger partial charge in [-0.2, -0.15) is 0 Å². The zero-order valence-corrected chi connectivity index (χ0v) is 12.3. The Morgan fingerprint density at radius 1 is 1.28 bits per heavy atom. The third kappa shape index (κ3) is 4.14. The van der Waals surface area contributed by atoms with E-state index in [2.05, 4.69) is 15.9 Å². The quantitative estimate of drug-likeness (QED) is 0.745. The molecule has 4 nitrogen and oxygen atoms in total. The molecule has 0 atom stereocenters. The first kappa shape index (κ1) is 14.7. The highest BCUT2D eigenvalue weighted by Gasteiger charge is 2.20. The Bertz CT molecular complexity index is 517. The summed E-state index contributed by atoms with van der Waals surface area (Å²) < 4.78 is 10.3. The van der Waals surface area contributed by atoms with Gasteiger partial charge in [-0.3, -0.25) is 4.79 Å². The minimum atomic E-state index is -0.888. The Hall–Kier alpha value is -1.36. The van der Waals surface area contributed by atoms with Gasteiger partial charge in [-0.1, -0.05) is 12.1 Å². The summed E-state index contributed by atoms with van der Waals surface area (Å²) in [4.78, 5) is 23.5. The topological polar surface area (TPSA) is 52.6 Å². The summed E-state index contributed by atoms with van der Waals surface area (Å²) in [7, 11) is 0. The van der Waals surface area contributed by atoms with E-state index >= 15 is 0 Å². The first-order chi connectivity index (χ1) is 8.20. The molecule has 1 rings (SSSR count). The Kier molecular flexibility index (Phi) is 4.51. The molecule has 0 unspecified atom stereocenters. The van der Waals surface area contributed by atoms with E-state index in [9.17, 15) is 9.59 Å². The molecule has 98 valence electrons. The first-order valence-electron chi connectivity index (χ1n) is 5.41. The average molecular weight is 315 g/mol. The maximum atomic E-state index is 11.9. The lowest BCUT2D eigenvalue weighted by Crippen LogP contribution is -2.27. The second-order valence-electron chi connectivity index (χ2n) is 4.78. The largest absolute Gasteiger partial charge is 0.514 e. The minimum absolute atomic E-state index is 0.0267. The van der Waals surface area contributed by atoms with Gasteiger partial charge in [-0.05, 0) is 55.3 Å². The summed E-state index contributed by atoms with van der Waals surface area (Å²) in [5.41, 5.74) is -0.484. The molecule has 0 bridgehead atoms. The van der Waals surface area contributed by atoms with E-state index in [0.717, 1.165) is 0 Å². The first-order valence-corrected chi connectivity index (χ1v) is 6.20. The zero-order chi connectivity index (χ0) is 13.9. The van der Waals surface area contributed by atoms with E-state index in [1.54, 1.807) is 45.9 Å². The predicted octanol–water partition coefficient (Wildman–Crippen LogP) is 3.43. The van der Waals surface area contributed by atoms with E-state index < -0.39 is 11.8 Å². The maximum absolute atomic E-state index is 11.9. The summed E-state index contributed by atoms with van der Waals surface area (Å²) in [6.45, 7) is 6.86. The fourth-order valence-corrected chi connectivity index (χ4v) is 1.53. The molecule has 0 spiro atoms. The Morgan fingerprint density at radius 2 is 1.89 bits per heavy atom. The van der Waals surface area contributed by atoms with Crippen LogP contribution in [0.15, 0.2) is 27.5 Å². The fourth-order valence-electron chi connectivity index (χ4n) is 1.20. The summed E-state index contributed by atoms with van der Waals surface area (Å²) in [6, 6.07) is 4.98. The van der Waals surface area contributed by atoms with Crippen LogP contribution >= 0.6 is 15.9 Å². The van der Waals surface area contributed by atoms with Gasteiger partial charge in [0.25, 0.3) is 0 Å². The Morgan fingerprint density at radius 3 is 2.44 bits per heavy atom. The van der Waals surface area contributed by atoms with Crippen LogP contribution in [-0.2, 0) is 4.74 Å². The van der Waals surface area contributed by atoms with Crippen molar-refractivity contribution in [1.29, 1.82) is 0 Å². The number of aryl methyl sites for hydroxylation is 1. The highest BCUT2D eigenvalue weighted by Crippen LogP contribution is 2.16. The van der Waals surface area contributed by atoms with Gasteiger partial charge < -0.3 is 9.47 Å². The monoisotopic (exact) mass is 314 g/mol. The van der Waals surface area contributed by atoms with E-state index in [4.69, 9.17) is 9.47 Å². The lowest BCUT2D eigenvalue weighted by Gasteiger charge is -2.18. The molecule has 0 amide bonds. The van der Waals surface area contributed by atoms with Crippen molar-refractivity contribution in [1.82, 2.24) is 0 Å². The lowest BCUT2D eigenvalue weighted by molar-refractivity contribution is 0.0202. The Labute approximate surface area is 114 Å². The predicted molar refractivity (Wildman–Crippen MR) is 72.0 cm³/mol. The third-order valence-corrected chi connectivity index (χ3v) is 2.57. The molecular weight excluding hydrogens is 300 g/mol. The normalized spacial score (nSPS) is 10.9. The summed E-state index contributed by atoms with van der Waals surface area (Å²) in [5.74, 6) is -0.0267. The Balaban J connectivity index is 3.07. The maximum Gasteiger partial charge on any atom is 0.514 e. The fraction of sp³-hybridized carbons (Fsp3) is 0.385. The lowest BCUT2D eigenvalue weighted by atomic mass is 10.2. The smallest absolute Gasteiger partial charge is 0.428 e. The van der Waals surface area contributed by atoms with Gasteiger partial charge in [0.2, 0.25) is 5.43 Å².